The fraction of sp³-hybridized carbons (Fsp3) is 0.500. The molecule has 0 bridgehead atoms. The van der Waals surface area contributed by atoms with E-state index in [9.17, 15) is 9.18 Å². The molecule has 32 heavy (non-hydrogen) atoms. The second kappa shape index (κ2) is 10.0. The predicted molar refractivity (Wildman–Crippen MR) is 131 cm³/mol. The number of halogens is 2. The van der Waals surface area contributed by atoms with Crippen molar-refractivity contribution in [2.24, 2.45) is 10.7 Å². The zero-order chi connectivity index (χ0) is 23.6. The second-order valence-electron chi connectivity index (χ2n) is 8.62. The van der Waals surface area contributed by atoms with E-state index in [0.29, 0.717) is 16.6 Å². The number of rotatable bonds is 6. The molecule has 1 aromatic carbocycles. The van der Waals surface area contributed by atoms with E-state index in [1.165, 1.54) is 6.92 Å². The molecule has 1 fully saturated rings. The Morgan fingerprint density at radius 1 is 1.28 bits per heavy atom. The largest absolute Gasteiger partial charge is 0.383 e. The Kier molecular flexibility index (Phi) is 7.62. The summed E-state index contributed by atoms with van der Waals surface area (Å²) in [5.74, 6) is -0.142. The van der Waals surface area contributed by atoms with Crippen molar-refractivity contribution in [2.45, 2.75) is 53.1 Å². The van der Waals surface area contributed by atoms with Crippen LogP contribution < -0.4 is 16.2 Å². The monoisotopic (exact) mass is 461 g/mol. The Morgan fingerprint density at radius 3 is 2.56 bits per heavy atom. The van der Waals surface area contributed by atoms with Gasteiger partial charge in [-0.2, -0.15) is 0 Å². The minimum atomic E-state index is -0.425. The zero-order valence-corrected chi connectivity index (χ0v) is 20.3. The summed E-state index contributed by atoms with van der Waals surface area (Å²) in [6.07, 6.45) is 2.19. The number of amidine groups is 1. The summed E-state index contributed by atoms with van der Waals surface area (Å²) in [6, 6.07) is 4.23. The number of likely N-dealkylation sites (tertiary alicyclic amines) is 1. The van der Waals surface area contributed by atoms with Crippen LogP contribution in [0.4, 0.5) is 10.1 Å². The molecule has 0 unspecified atom stereocenters. The van der Waals surface area contributed by atoms with Gasteiger partial charge in [0.25, 0.3) is 5.56 Å². The van der Waals surface area contributed by atoms with E-state index in [-0.39, 0.29) is 29.2 Å². The number of piperidine rings is 1. The highest BCUT2D eigenvalue weighted by molar-refractivity contribution is 6.31. The molecule has 1 aromatic heterocycles. The average molecular weight is 462 g/mol. The number of hydrogen-bond donors (Lipinski definition) is 2. The molecule has 3 rings (SSSR count). The third-order valence-electron chi connectivity index (χ3n) is 6.49. The summed E-state index contributed by atoms with van der Waals surface area (Å²) in [4.78, 5) is 24.0. The second-order valence-corrected chi connectivity index (χ2v) is 9.05. The van der Waals surface area contributed by atoms with Gasteiger partial charge in [0.15, 0.2) is 0 Å². The number of aryl methyl sites for hydroxylation is 1. The molecule has 8 heteroatoms. The molecule has 0 amide bonds. The number of benzene rings is 1. The van der Waals surface area contributed by atoms with E-state index in [0.717, 1.165) is 49.3 Å². The normalized spacial score (nSPS) is 15.9. The van der Waals surface area contributed by atoms with Crippen LogP contribution in [0.15, 0.2) is 21.9 Å². The van der Waals surface area contributed by atoms with Crippen LogP contribution in [-0.2, 0) is 6.54 Å². The highest BCUT2D eigenvalue weighted by atomic mass is 35.5. The Balaban J connectivity index is 1.94. The van der Waals surface area contributed by atoms with E-state index in [4.69, 9.17) is 17.3 Å². The number of aromatic amines is 1. The maximum Gasteiger partial charge on any atom is 0.253 e. The molecular weight excluding hydrogens is 429 g/mol. The Labute approximate surface area is 194 Å². The number of aromatic nitrogens is 1. The standard InChI is InChI=1S/C24H33ClFN5O/c1-6-31(18-7-9-30(5)10-8-18)21-12-17(25)11-19(14(21)2)23(27)28-13-20-15(3)22(26)16(4)29-24(20)32/h11-12,18H,6-10,13H2,1-5H3,(H2,27,28)(H,29,32). The van der Waals surface area contributed by atoms with Crippen molar-refractivity contribution >= 4 is 23.1 Å². The highest BCUT2D eigenvalue weighted by Crippen LogP contribution is 2.31. The molecule has 0 saturated carbocycles. The molecule has 174 valence electrons. The number of nitrogens with one attached hydrogen (secondary N) is 1. The molecule has 0 atom stereocenters. The van der Waals surface area contributed by atoms with Gasteiger partial charge in [0.2, 0.25) is 0 Å². The van der Waals surface area contributed by atoms with Crippen LogP contribution >= 0.6 is 11.6 Å². The quantitative estimate of drug-likeness (QED) is 0.505. The molecule has 1 saturated heterocycles. The molecule has 0 aliphatic carbocycles. The minimum Gasteiger partial charge on any atom is -0.383 e. The van der Waals surface area contributed by atoms with Crippen LogP contribution in [-0.4, -0.2) is 48.4 Å². The van der Waals surface area contributed by atoms with Gasteiger partial charge in [-0.3, -0.25) is 9.79 Å². The van der Waals surface area contributed by atoms with Crippen LogP contribution in [0, 0.1) is 26.6 Å². The molecule has 6 nitrogen and oxygen atoms in total. The maximum absolute atomic E-state index is 14.2. The van der Waals surface area contributed by atoms with Crippen LogP contribution in [0.25, 0.3) is 0 Å². The molecule has 0 radical (unpaired) electrons. The van der Waals surface area contributed by atoms with E-state index in [1.807, 2.05) is 13.0 Å². The van der Waals surface area contributed by atoms with Gasteiger partial charge in [-0.05, 0) is 83.9 Å². The minimum absolute atomic E-state index is 0.00205. The number of anilines is 1. The third-order valence-corrected chi connectivity index (χ3v) is 6.71. The summed E-state index contributed by atoms with van der Waals surface area (Å²) in [5, 5.41) is 0.584. The van der Waals surface area contributed by atoms with E-state index < -0.39 is 5.82 Å². The summed E-state index contributed by atoms with van der Waals surface area (Å²) in [6.45, 7) is 10.3. The van der Waals surface area contributed by atoms with E-state index >= 15 is 0 Å². The summed E-state index contributed by atoms with van der Waals surface area (Å²) in [7, 11) is 2.15. The van der Waals surface area contributed by atoms with E-state index in [1.54, 1.807) is 13.0 Å². The predicted octanol–water partition coefficient (Wildman–Crippen LogP) is 3.92. The van der Waals surface area contributed by atoms with Crippen molar-refractivity contribution in [3.05, 3.63) is 61.3 Å². The van der Waals surface area contributed by atoms with Gasteiger partial charge in [0, 0.05) is 34.4 Å². The first-order valence-corrected chi connectivity index (χ1v) is 11.4. The number of nitrogens with two attached hydrogens (primary N) is 1. The van der Waals surface area contributed by atoms with Gasteiger partial charge in [0.05, 0.1) is 12.2 Å². The third kappa shape index (κ3) is 4.99. The first-order chi connectivity index (χ1) is 15.1. The highest BCUT2D eigenvalue weighted by Gasteiger charge is 2.25. The van der Waals surface area contributed by atoms with Gasteiger partial charge in [0.1, 0.15) is 11.7 Å². The molecule has 2 heterocycles. The Bertz CT molecular complexity index is 1070. The summed E-state index contributed by atoms with van der Waals surface area (Å²) < 4.78 is 14.2. The van der Waals surface area contributed by atoms with Gasteiger partial charge < -0.3 is 20.5 Å². The van der Waals surface area contributed by atoms with Gasteiger partial charge >= 0.3 is 0 Å². The smallest absolute Gasteiger partial charge is 0.253 e. The maximum atomic E-state index is 14.2. The van der Waals surface area contributed by atoms with Gasteiger partial charge in [-0.25, -0.2) is 4.39 Å². The van der Waals surface area contributed by atoms with Crippen LogP contribution in [0.2, 0.25) is 5.02 Å². The van der Waals surface area contributed by atoms with Crippen LogP contribution in [0.3, 0.4) is 0 Å². The lowest BCUT2D eigenvalue weighted by atomic mass is 9.99. The lowest BCUT2D eigenvalue weighted by Gasteiger charge is -2.39. The fourth-order valence-electron chi connectivity index (χ4n) is 4.49. The number of nitrogens with zero attached hydrogens (tertiary/aromatic N) is 3. The lowest BCUT2D eigenvalue weighted by Crippen LogP contribution is -2.44. The molecule has 0 spiro atoms. The van der Waals surface area contributed by atoms with Crippen LogP contribution in [0.1, 0.15) is 47.7 Å². The van der Waals surface area contributed by atoms with Crippen molar-refractivity contribution in [3.63, 3.8) is 0 Å². The number of aliphatic imine (C=N–C) groups is 1. The molecule has 1 aliphatic rings. The molecule has 3 N–H and O–H groups in total. The number of pyridine rings is 1. The fourth-order valence-corrected chi connectivity index (χ4v) is 4.70. The van der Waals surface area contributed by atoms with Crippen LogP contribution in [0.5, 0.6) is 0 Å². The zero-order valence-electron chi connectivity index (χ0n) is 19.6. The Morgan fingerprint density at radius 2 is 1.94 bits per heavy atom. The van der Waals surface area contributed by atoms with Crippen molar-refractivity contribution in [2.75, 3.05) is 31.6 Å². The summed E-state index contributed by atoms with van der Waals surface area (Å²) >= 11 is 6.48. The van der Waals surface area contributed by atoms with Gasteiger partial charge in [-0.1, -0.05) is 11.6 Å². The van der Waals surface area contributed by atoms with Crippen molar-refractivity contribution in [3.8, 4) is 0 Å². The molecule has 1 aliphatic heterocycles. The number of H-pyrrole nitrogens is 1. The topological polar surface area (TPSA) is 77.7 Å². The lowest BCUT2D eigenvalue weighted by molar-refractivity contribution is 0.250. The molecular formula is C24H33ClFN5O. The SMILES string of the molecule is CCN(c1cc(Cl)cc(C(N)=NCc2c(C)c(F)c(C)[nH]c2=O)c1C)C1CCN(C)CC1. The van der Waals surface area contributed by atoms with Gasteiger partial charge in [-0.15, -0.1) is 0 Å². The van der Waals surface area contributed by atoms with Crippen molar-refractivity contribution < 1.29 is 4.39 Å². The van der Waals surface area contributed by atoms with Crippen molar-refractivity contribution in [1.82, 2.24) is 9.88 Å². The molecule has 2 aromatic rings. The average Bonchev–Trinajstić information content (AvgIpc) is 2.75. The first kappa shape index (κ1) is 24.3. The van der Waals surface area contributed by atoms with Crippen molar-refractivity contribution in [1.29, 1.82) is 0 Å². The van der Waals surface area contributed by atoms with E-state index in [2.05, 4.69) is 33.7 Å². The summed E-state index contributed by atoms with van der Waals surface area (Å²) in [5.41, 5.74) is 9.58. The Hall–Kier alpha value is -2.38. The first-order valence-electron chi connectivity index (χ1n) is 11.1. The number of hydrogen-bond acceptors (Lipinski definition) is 4.